The first-order valence-corrected chi connectivity index (χ1v) is 15.5. The van der Waals surface area contributed by atoms with E-state index in [0.29, 0.717) is 49.1 Å². The molecule has 242 valence electrons. The number of amides is 3. The van der Waals surface area contributed by atoms with Crippen molar-refractivity contribution in [1.82, 2.24) is 20.4 Å². The van der Waals surface area contributed by atoms with E-state index >= 15 is 0 Å². The second-order valence-electron chi connectivity index (χ2n) is 12.8. The fraction of sp³-hybridized carbons (Fsp3) is 0.625. The van der Waals surface area contributed by atoms with Gasteiger partial charge in [0.05, 0.1) is 25.8 Å². The molecule has 2 unspecified atom stereocenters. The third-order valence-electron chi connectivity index (χ3n) is 7.44. The normalized spacial score (nSPS) is 19.0. The van der Waals surface area contributed by atoms with Gasteiger partial charge in [-0.3, -0.25) is 19.3 Å². The number of morpholine rings is 1. The van der Waals surface area contributed by atoms with E-state index in [1.54, 1.807) is 39.0 Å². The Morgan fingerprint density at radius 3 is 2.55 bits per heavy atom. The minimum atomic E-state index is -0.882. The molecule has 0 saturated carbocycles. The molecule has 3 amide bonds. The number of ether oxygens (including phenoxy) is 3. The predicted molar refractivity (Wildman–Crippen MR) is 164 cm³/mol. The van der Waals surface area contributed by atoms with Gasteiger partial charge < -0.3 is 34.2 Å². The van der Waals surface area contributed by atoms with Crippen LogP contribution < -0.4 is 15.4 Å². The van der Waals surface area contributed by atoms with Crippen molar-refractivity contribution in [3.05, 3.63) is 30.0 Å². The molecule has 2 aromatic rings. The molecule has 2 N–H and O–H groups in total. The maximum Gasteiger partial charge on any atom is 0.410 e. The van der Waals surface area contributed by atoms with Crippen LogP contribution in [0.15, 0.2) is 28.7 Å². The van der Waals surface area contributed by atoms with Crippen LogP contribution >= 0.6 is 0 Å². The predicted octanol–water partition coefficient (Wildman–Crippen LogP) is 3.37. The average molecular weight is 615 g/mol. The number of ketones is 1. The summed E-state index contributed by atoms with van der Waals surface area (Å²) in [5.74, 6) is -0.425. The standard InChI is InChI=1S/C32H46N4O8/c1-21(2)17-25(29(38)33-24-7-6-10-36(20-26(24)37)31(40)44-32(3,4)5)34-30(39)28-19-22-18-23(8-9-27(22)43-28)42-16-13-35-11-14-41-15-12-35/h8-9,18-19,21,24-25H,6-7,10-17,20H2,1-5H3,(H,33,38)(H,34,39). The van der Waals surface area contributed by atoms with Crippen molar-refractivity contribution in [2.24, 2.45) is 5.92 Å². The van der Waals surface area contributed by atoms with Crippen molar-refractivity contribution in [2.75, 3.05) is 52.5 Å². The van der Waals surface area contributed by atoms with Gasteiger partial charge in [-0.25, -0.2) is 4.79 Å². The molecule has 1 aromatic carbocycles. The smallest absolute Gasteiger partial charge is 0.410 e. The molecule has 12 heteroatoms. The number of hydrogen-bond acceptors (Lipinski definition) is 9. The van der Waals surface area contributed by atoms with Gasteiger partial charge in [-0.15, -0.1) is 0 Å². The van der Waals surface area contributed by atoms with Crippen LogP contribution in [0.2, 0.25) is 0 Å². The molecule has 2 aliphatic rings. The summed E-state index contributed by atoms with van der Waals surface area (Å²) in [5.41, 5.74) is -0.152. The van der Waals surface area contributed by atoms with Crippen molar-refractivity contribution in [2.45, 2.75) is 71.6 Å². The highest BCUT2D eigenvalue weighted by molar-refractivity contribution is 6.00. The molecule has 4 rings (SSSR count). The van der Waals surface area contributed by atoms with Gasteiger partial charge in [0.25, 0.3) is 5.91 Å². The maximum atomic E-state index is 13.4. The Morgan fingerprint density at radius 1 is 1.09 bits per heavy atom. The number of likely N-dealkylation sites (tertiary alicyclic amines) is 1. The van der Waals surface area contributed by atoms with Gasteiger partial charge in [-0.1, -0.05) is 13.8 Å². The Kier molecular flexibility index (Phi) is 11.3. The number of carbonyl (C=O) groups is 4. The van der Waals surface area contributed by atoms with Gasteiger partial charge in [0.1, 0.15) is 29.6 Å². The minimum Gasteiger partial charge on any atom is -0.492 e. The molecule has 12 nitrogen and oxygen atoms in total. The fourth-order valence-corrected chi connectivity index (χ4v) is 5.20. The second-order valence-corrected chi connectivity index (χ2v) is 12.8. The van der Waals surface area contributed by atoms with Crippen LogP contribution in [-0.4, -0.2) is 104 Å². The van der Waals surface area contributed by atoms with Crippen LogP contribution in [0.5, 0.6) is 5.75 Å². The first-order valence-electron chi connectivity index (χ1n) is 15.5. The first-order chi connectivity index (χ1) is 20.9. The number of nitrogens with zero attached hydrogens (tertiary/aromatic N) is 2. The Balaban J connectivity index is 1.35. The number of nitrogens with one attached hydrogen (secondary N) is 2. The largest absolute Gasteiger partial charge is 0.492 e. The SMILES string of the molecule is CC(C)CC(NC(=O)c1cc2cc(OCCN3CCOCC3)ccc2o1)C(=O)NC1CCCN(C(=O)OC(C)(C)C)CC1=O. The van der Waals surface area contributed by atoms with E-state index in [0.717, 1.165) is 32.8 Å². The van der Waals surface area contributed by atoms with E-state index in [1.807, 2.05) is 19.9 Å². The number of furan rings is 1. The van der Waals surface area contributed by atoms with Crippen molar-refractivity contribution in [1.29, 1.82) is 0 Å². The summed E-state index contributed by atoms with van der Waals surface area (Å²) < 4.78 is 22.5. The molecule has 2 saturated heterocycles. The van der Waals surface area contributed by atoms with E-state index in [9.17, 15) is 19.2 Å². The fourth-order valence-electron chi connectivity index (χ4n) is 5.20. The van der Waals surface area contributed by atoms with Gasteiger partial charge in [0.2, 0.25) is 5.91 Å². The summed E-state index contributed by atoms with van der Waals surface area (Å²) in [5, 5.41) is 6.32. The molecule has 2 atom stereocenters. The van der Waals surface area contributed by atoms with E-state index in [2.05, 4.69) is 15.5 Å². The monoisotopic (exact) mass is 614 g/mol. The lowest BCUT2D eigenvalue weighted by molar-refractivity contribution is -0.129. The quantitative estimate of drug-likeness (QED) is 0.412. The summed E-state index contributed by atoms with van der Waals surface area (Å²) in [6.45, 7) is 14.0. The van der Waals surface area contributed by atoms with E-state index in [1.165, 1.54) is 4.90 Å². The Morgan fingerprint density at radius 2 is 1.84 bits per heavy atom. The van der Waals surface area contributed by atoms with Crippen molar-refractivity contribution < 1.29 is 37.8 Å². The van der Waals surface area contributed by atoms with Crippen molar-refractivity contribution in [3.63, 3.8) is 0 Å². The Labute approximate surface area is 258 Å². The molecule has 0 aliphatic carbocycles. The molecule has 0 radical (unpaired) electrons. The number of carbonyl (C=O) groups excluding carboxylic acids is 4. The molecule has 3 heterocycles. The van der Waals surface area contributed by atoms with Crippen molar-refractivity contribution in [3.8, 4) is 5.75 Å². The average Bonchev–Trinajstić information content (AvgIpc) is 3.30. The highest BCUT2D eigenvalue weighted by atomic mass is 16.6. The molecule has 44 heavy (non-hydrogen) atoms. The third kappa shape index (κ3) is 9.68. The molecular weight excluding hydrogens is 568 g/mol. The van der Waals surface area contributed by atoms with E-state index < -0.39 is 35.6 Å². The molecule has 2 aliphatic heterocycles. The molecule has 1 aromatic heterocycles. The lowest BCUT2D eigenvalue weighted by Gasteiger charge is -2.26. The van der Waals surface area contributed by atoms with Crippen LogP contribution in [0, 0.1) is 5.92 Å². The van der Waals surface area contributed by atoms with Crippen molar-refractivity contribution >= 4 is 34.7 Å². The molecule has 0 bridgehead atoms. The number of fused-ring (bicyclic) bond motifs is 1. The number of benzene rings is 1. The summed E-state index contributed by atoms with van der Waals surface area (Å²) in [6, 6.07) is 5.36. The molecule has 2 fully saturated rings. The van der Waals surface area contributed by atoms with Gasteiger partial charge in [0, 0.05) is 31.6 Å². The van der Waals surface area contributed by atoms with Gasteiger partial charge in [-0.05, 0) is 70.2 Å². The zero-order valence-corrected chi connectivity index (χ0v) is 26.5. The molecule has 0 spiro atoms. The zero-order chi connectivity index (χ0) is 31.9. The minimum absolute atomic E-state index is 0.0746. The van der Waals surface area contributed by atoms with Crippen LogP contribution in [0.1, 0.15) is 64.4 Å². The Bertz CT molecular complexity index is 1310. The van der Waals surface area contributed by atoms with Gasteiger partial charge in [-0.2, -0.15) is 0 Å². The second kappa shape index (κ2) is 14.9. The lowest BCUT2D eigenvalue weighted by atomic mass is 10.0. The van der Waals surface area contributed by atoms with E-state index in [-0.39, 0.29) is 24.0 Å². The summed E-state index contributed by atoms with van der Waals surface area (Å²) in [6.07, 6.45) is 0.714. The summed E-state index contributed by atoms with van der Waals surface area (Å²) in [7, 11) is 0. The summed E-state index contributed by atoms with van der Waals surface area (Å²) >= 11 is 0. The number of hydrogen-bond donors (Lipinski definition) is 2. The zero-order valence-electron chi connectivity index (χ0n) is 26.5. The van der Waals surface area contributed by atoms with Crippen LogP contribution in [0.4, 0.5) is 4.79 Å². The number of Topliss-reactive ketones (excluding diaryl/α,β-unsaturated/α-hetero) is 1. The number of rotatable bonds is 10. The first kappa shape index (κ1) is 33.3. The van der Waals surface area contributed by atoms with Crippen LogP contribution in [0.25, 0.3) is 11.0 Å². The van der Waals surface area contributed by atoms with Crippen LogP contribution in [-0.2, 0) is 19.1 Å². The Hall–Kier alpha value is -3.64. The highest BCUT2D eigenvalue weighted by Gasteiger charge is 2.33. The maximum absolute atomic E-state index is 13.4. The van der Waals surface area contributed by atoms with Gasteiger partial charge in [0.15, 0.2) is 11.5 Å². The molecular formula is C32H46N4O8. The lowest BCUT2D eigenvalue weighted by Crippen LogP contribution is -2.52. The third-order valence-corrected chi connectivity index (χ3v) is 7.44. The van der Waals surface area contributed by atoms with Gasteiger partial charge >= 0.3 is 6.09 Å². The summed E-state index contributed by atoms with van der Waals surface area (Å²) in [4.78, 5) is 55.8. The van der Waals surface area contributed by atoms with E-state index in [4.69, 9.17) is 18.6 Å². The topological polar surface area (TPSA) is 140 Å². The highest BCUT2D eigenvalue weighted by Crippen LogP contribution is 2.25. The van der Waals surface area contributed by atoms with Crippen LogP contribution in [0.3, 0.4) is 0 Å².